The lowest BCUT2D eigenvalue weighted by molar-refractivity contribution is -0.386. The largest absolute Gasteiger partial charge is 0.483 e. The van der Waals surface area contributed by atoms with Crippen LogP contribution in [0, 0.1) is 15.9 Å². The number of ketones is 1. The predicted molar refractivity (Wildman–Crippen MR) is 60.9 cm³/mol. The lowest BCUT2D eigenvalue weighted by Crippen LogP contribution is -2.25. The third-order valence-corrected chi connectivity index (χ3v) is 2.85. The van der Waals surface area contributed by atoms with Crippen molar-refractivity contribution in [1.29, 1.82) is 0 Å². The van der Waals surface area contributed by atoms with E-state index in [0.29, 0.717) is 12.8 Å². The van der Waals surface area contributed by atoms with Crippen LogP contribution in [0.25, 0.3) is 0 Å². The molecule has 6 heteroatoms. The summed E-state index contributed by atoms with van der Waals surface area (Å²) in [6.07, 6.45) is 1.84. The Morgan fingerprint density at radius 3 is 2.89 bits per heavy atom. The van der Waals surface area contributed by atoms with E-state index >= 15 is 0 Å². The smallest absolute Gasteiger partial charge is 0.313 e. The second-order valence-corrected chi connectivity index (χ2v) is 4.24. The highest BCUT2D eigenvalue weighted by Gasteiger charge is 2.24. The number of nitrogens with zero attached hydrogens (tertiary/aromatic N) is 1. The van der Waals surface area contributed by atoms with Crippen molar-refractivity contribution < 1.29 is 18.8 Å². The second-order valence-electron chi connectivity index (χ2n) is 4.24. The second kappa shape index (κ2) is 5.12. The van der Waals surface area contributed by atoms with Gasteiger partial charge in [-0.05, 0) is 25.0 Å². The molecule has 0 spiro atoms. The molecule has 96 valence electrons. The van der Waals surface area contributed by atoms with Gasteiger partial charge in [0.1, 0.15) is 17.7 Å². The molecule has 0 amide bonds. The van der Waals surface area contributed by atoms with Gasteiger partial charge in [-0.1, -0.05) is 0 Å². The minimum atomic E-state index is -0.691. The van der Waals surface area contributed by atoms with Crippen molar-refractivity contribution in [3.63, 3.8) is 0 Å². The Hall–Kier alpha value is -1.98. The molecule has 1 unspecified atom stereocenters. The van der Waals surface area contributed by atoms with Crippen LogP contribution in [0.5, 0.6) is 5.75 Å². The molecule has 0 heterocycles. The average molecular weight is 253 g/mol. The summed E-state index contributed by atoms with van der Waals surface area (Å²) in [6, 6.07) is 3.15. The van der Waals surface area contributed by atoms with Gasteiger partial charge in [-0.25, -0.2) is 4.39 Å². The van der Waals surface area contributed by atoms with Crippen LogP contribution in [0.4, 0.5) is 10.1 Å². The van der Waals surface area contributed by atoms with Gasteiger partial charge in [-0.2, -0.15) is 0 Å². The Balaban J connectivity index is 2.17. The Labute approximate surface area is 103 Å². The maximum atomic E-state index is 12.9. The molecule has 1 fully saturated rings. The molecule has 0 aromatic heterocycles. The minimum absolute atomic E-state index is 0.0149. The number of benzene rings is 1. The molecule has 1 aliphatic rings. The summed E-state index contributed by atoms with van der Waals surface area (Å²) in [6.45, 7) is 0. The molecule has 5 nitrogen and oxygen atoms in total. The van der Waals surface area contributed by atoms with Gasteiger partial charge in [0.25, 0.3) is 0 Å². The first-order chi connectivity index (χ1) is 8.56. The molecule has 1 aliphatic carbocycles. The standard InChI is InChI=1S/C12H12FNO4/c13-8-4-5-12(11(6-8)14(16)17)18-10-3-1-2-9(15)7-10/h4-6,10H,1-3,7H2. The Morgan fingerprint density at radius 1 is 1.44 bits per heavy atom. The van der Waals surface area contributed by atoms with Crippen molar-refractivity contribution in [2.24, 2.45) is 0 Å². The maximum Gasteiger partial charge on any atom is 0.313 e. The maximum absolute atomic E-state index is 12.9. The van der Waals surface area contributed by atoms with E-state index in [-0.39, 0.29) is 24.1 Å². The fourth-order valence-electron chi connectivity index (χ4n) is 2.00. The summed E-state index contributed by atoms with van der Waals surface area (Å²) in [5.41, 5.74) is -0.409. The summed E-state index contributed by atoms with van der Waals surface area (Å²) in [5.74, 6) is -0.578. The molecular formula is C12H12FNO4. The molecular weight excluding hydrogens is 241 g/mol. The van der Waals surface area contributed by atoms with E-state index in [1.807, 2.05) is 0 Å². The van der Waals surface area contributed by atoms with E-state index < -0.39 is 16.4 Å². The number of halogens is 1. The SMILES string of the molecule is O=C1CCCC(Oc2ccc(F)cc2[N+](=O)[O-])C1. The van der Waals surface area contributed by atoms with Crippen LogP contribution in [-0.4, -0.2) is 16.8 Å². The van der Waals surface area contributed by atoms with Crippen LogP contribution < -0.4 is 4.74 Å². The molecule has 0 radical (unpaired) electrons. The molecule has 0 N–H and O–H groups in total. The first kappa shape index (κ1) is 12.5. The number of nitro groups is 1. The zero-order valence-electron chi connectivity index (χ0n) is 9.60. The van der Waals surface area contributed by atoms with E-state index in [2.05, 4.69) is 0 Å². The first-order valence-corrected chi connectivity index (χ1v) is 5.68. The third-order valence-electron chi connectivity index (χ3n) is 2.85. The van der Waals surface area contributed by atoms with Gasteiger partial charge >= 0.3 is 5.69 Å². The van der Waals surface area contributed by atoms with Crippen molar-refractivity contribution in [3.05, 3.63) is 34.1 Å². The van der Waals surface area contributed by atoms with E-state index in [1.165, 1.54) is 6.07 Å². The fraction of sp³-hybridized carbons (Fsp3) is 0.417. The summed E-state index contributed by atoms with van der Waals surface area (Å²) in [4.78, 5) is 21.3. The molecule has 18 heavy (non-hydrogen) atoms. The summed E-state index contributed by atoms with van der Waals surface area (Å²) < 4.78 is 18.4. The van der Waals surface area contributed by atoms with Gasteiger partial charge in [0.2, 0.25) is 0 Å². The number of nitro benzene ring substituents is 1. The Bertz CT molecular complexity index is 489. The highest BCUT2D eigenvalue weighted by molar-refractivity contribution is 5.79. The number of hydrogen-bond acceptors (Lipinski definition) is 4. The first-order valence-electron chi connectivity index (χ1n) is 5.68. The van der Waals surface area contributed by atoms with Gasteiger partial charge in [0, 0.05) is 12.8 Å². The number of ether oxygens (including phenoxy) is 1. The van der Waals surface area contributed by atoms with Crippen LogP contribution in [-0.2, 0) is 4.79 Å². The highest BCUT2D eigenvalue weighted by atomic mass is 19.1. The Kier molecular flexibility index (Phi) is 3.55. The van der Waals surface area contributed by atoms with Gasteiger partial charge in [0.05, 0.1) is 11.0 Å². The molecule has 0 aliphatic heterocycles. The molecule has 0 bridgehead atoms. The summed E-state index contributed by atoms with van der Waals surface area (Å²) >= 11 is 0. The zero-order chi connectivity index (χ0) is 13.1. The zero-order valence-corrected chi connectivity index (χ0v) is 9.60. The minimum Gasteiger partial charge on any atom is -0.483 e. The van der Waals surface area contributed by atoms with Gasteiger partial charge < -0.3 is 4.74 Å². The van der Waals surface area contributed by atoms with Crippen LogP contribution in [0.3, 0.4) is 0 Å². The van der Waals surface area contributed by atoms with Crippen LogP contribution >= 0.6 is 0 Å². The van der Waals surface area contributed by atoms with Crippen LogP contribution in [0.1, 0.15) is 25.7 Å². The van der Waals surface area contributed by atoms with E-state index in [9.17, 15) is 19.3 Å². The normalized spacial score (nSPS) is 19.6. The molecule has 1 saturated carbocycles. The quantitative estimate of drug-likeness (QED) is 0.613. The summed E-state index contributed by atoms with van der Waals surface area (Å²) in [5, 5.41) is 10.8. The third kappa shape index (κ3) is 2.82. The average Bonchev–Trinajstić information content (AvgIpc) is 2.31. The molecule has 1 atom stereocenters. The number of rotatable bonds is 3. The van der Waals surface area contributed by atoms with E-state index in [4.69, 9.17) is 4.74 Å². The van der Waals surface area contributed by atoms with Gasteiger partial charge in [-0.3, -0.25) is 14.9 Å². The van der Waals surface area contributed by atoms with E-state index in [1.54, 1.807) is 0 Å². The van der Waals surface area contributed by atoms with Crippen molar-refractivity contribution in [2.75, 3.05) is 0 Å². The van der Waals surface area contributed by atoms with Gasteiger partial charge in [0.15, 0.2) is 5.75 Å². The van der Waals surface area contributed by atoms with Crippen molar-refractivity contribution >= 4 is 11.5 Å². The predicted octanol–water partition coefficient (Wildman–Crippen LogP) is 2.62. The number of hydrogen-bond donors (Lipinski definition) is 0. The molecule has 1 aromatic rings. The fourth-order valence-corrected chi connectivity index (χ4v) is 2.00. The molecule has 2 rings (SSSR count). The topological polar surface area (TPSA) is 69.4 Å². The Morgan fingerprint density at radius 2 is 2.22 bits per heavy atom. The molecule has 1 aromatic carbocycles. The lowest BCUT2D eigenvalue weighted by atomic mass is 9.96. The lowest BCUT2D eigenvalue weighted by Gasteiger charge is -2.21. The van der Waals surface area contributed by atoms with E-state index in [0.717, 1.165) is 18.6 Å². The van der Waals surface area contributed by atoms with Crippen LogP contribution in [0.15, 0.2) is 18.2 Å². The van der Waals surface area contributed by atoms with Crippen molar-refractivity contribution in [3.8, 4) is 5.75 Å². The number of carbonyl (C=O) groups excluding carboxylic acids is 1. The van der Waals surface area contributed by atoms with Crippen molar-refractivity contribution in [1.82, 2.24) is 0 Å². The van der Waals surface area contributed by atoms with Crippen LogP contribution in [0.2, 0.25) is 0 Å². The highest BCUT2D eigenvalue weighted by Crippen LogP contribution is 2.30. The summed E-state index contributed by atoms with van der Waals surface area (Å²) in [7, 11) is 0. The monoisotopic (exact) mass is 253 g/mol. The van der Waals surface area contributed by atoms with Crippen molar-refractivity contribution in [2.45, 2.75) is 31.8 Å². The molecule has 0 saturated heterocycles. The van der Waals surface area contributed by atoms with Gasteiger partial charge in [-0.15, -0.1) is 0 Å². The number of carbonyl (C=O) groups is 1. The number of Topliss-reactive ketones (excluding diaryl/α,β-unsaturated/α-hetero) is 1.